The zero-order valence-corrected chi connectivity index (χ0v) is 17.1. The Bertz CT molecular complexity index is 1100. The Morgan fingerprint density at radius 2 is 1.83 bits per heavy atom. The summed E-state index contributed by atoms with van der Waals surface area (Å²) >= 11 is 0. The average Bonchev–Trinajstić information content (AvgIpc) is 2.74. The first-order chi connectivity index (χ1) is 14.5. The van der Waals surface area contributed by atoms with Crippen molar-refractivity contribution in [2.24, 2.45) is 0 Å². The van der Waals surface area contributed by atoms with Crippen LogP contribution in [0.4, 0.5) is 14.9 Å². The summed E-state index contributed by atoms with van der Waals surface area (Å²) in [4.78, 5) is 30.6. The van der Waals surface area contributed by atoms with Crippen LogP contribution in [-0.2, 0) is 6.54 Å². The van der Waals surface area contributed by atoms with Crippen molar-refractivity contribution in [3.05, 3.63) is 75.8 Å². The number of amides is 2. The van der Waals surface area contributed by atoms with E-state index >= 15 is 0 Å². The molecule has 1 saturated carbocycles. The van der Waals surface area contributed by atoms with Gasteiger partial charge in [0.2, 0.25) is 0 Å². The number of anilines is 1. The van der Waals surface area contributed by atoms with Gasteiger partial charge in [0.25, 0.3) is 5.56 Å². The van der Waals surface area contributed by atoms with E-state index in [1.165, 1.54) is 30.7 Å². The quantitative estimate of drug-likeness (QED) is 0.613. The third kappa shape index (κ3) is 4.53. The molecule has 0 atom stereocenters. The van der Waals surface area contributed by atoms with Crippen molar-refractivity contribution in [1.82, 2.24) is 9.88 Å². The third-order valence-electron chi connectivity index (χ3n) is 5.79. The topological polar surface area (TPSA) is 65.2 Å². The molecule has 0 radical (unpaired) electrons. The second-order valence-corrected chi connectivity index (χ2v) is 8.07. The van der Waals surface area contributed by atoms with Gasteiger partial charge in [-0.05, 0) is 67.1 Å². The highest BCUT2D eigenvalue weighted by molar-refractivity contribution is 5.89. The molecule has 1 aromatic heterocycles. The van der Waals surface area contributed by atoms with E-state index in [0.29, 0.717) is 11.3 Å². The average molecular weight is 407 g/mol. The number of fused-ring (bicyclic) bond motifs is 1. The molecule has 2 aromatic carbocycles. The van der Waals surface area contributed by atoms with Gasteiger partial charge in [-0.25, -0.2) is 9.18 Å². The van der Waals surface area contributed by atoms with Crippen LogP contribution in [0.15, 0.2) is 53.3 Å². The summed E-state index contributed by atoms with van der Waals surface area (Å²) < 4.78 is 13.2. The van der Waals surface area contributed by atoms with E-state index in [1.54, 1.807) is 4.90 Å². The van der Waals surface area contributed by atoms with Gasteiger partial charge < -0.3 is 15.2 Å². The molecule has 5 nitrogen and oxygen atoms in total. The van der Waals surface area contributed by atoms with Crippen LogP contribution in [-0.4, -0.2) is 22.0 Å². The molecule has 1 aliphatic rings. The summed E-state index contributed by atoms with van der Waals surface area (Å²) in [7, 11) is 0. The molecule has 2 N–H and O–H groups in total. The first kappa shape index (κ1) is 20.1. The van der Waals surface area contributed by atoms with Gasteiger partial charge in [-0.15, -0.1) is 0 Å². The zero-order valence-electron chi connectivity index (χ0n) is 17.1. The molecule has 1 fully saturated rings. The van der Waals surface area contributed by atoms with Crippen molar-refractivity contribution in [2.75, 3.05) is 5.32 Å². The lowest BCUT2D eigenvalue weighted by molar-refractivity contribution is 0.162. The van der Waals surface area contributed by atoms with Crippen molar-refractivity contribution in [3.8, 4) is 0 Å². The lowest BCUT2D eigenvalue weighted by Gasteiger charge is -2.34. The minimum absolute atomic E-state index is 0.0762. The Hall–Kier alpha value is -3.15. The highest BCUT2D eigenvalue weighted by Crippen LogP contribution is 2.25. The largest absolute Gasteiger partial charge is 0.322 e. The zero-order chi connectivity index (χ0) is 21.1. The van der Waals surface area contributed by atoms with E-state index in [2.05, 4.69) is 10.3 Å². The van der Waals surface area contributed by atoms with Crippen molar-refractivity contribution in [1.29, 1.82) is 0 Å². The number of urea groups is 1. The van der Waals surface area contributed by atoms with Crippen LogP contribution in [0.1, 0.15) is 43.2 Å². The predicted octanol–water partition coefficient (Wildman–Crippen LogP) is 5.34. The number of aromatic amines is 1. The van der Waals surface area contributed by atoms with Crippen molar-refractivity contribution in [2.45, 2.75) is 51.6 Å². The number of carbonyl (C=O) groups excluding carboxylic acids is 1. The fraction of sp³-hybridized carbons (Fsp3) is 0.333. The monoisotopic (exact) mass is 407 g/mol. The standard InChI is InChI=1S/C24H26FN3O2/c1-16-7-8-17-14-18(23(29)27-22(17)13-16)15-28(21-5-3-2-4-6-21)24(30)26-20-11-9-19(25)10-12-20/h7-14,21H,2-6,15H2,1H3,(H,26,30)(H,27,29). The number of pyridine rings is 1. The van der Waals surface area contributed by atoms with Gasteiger partial charge in [0.1, 0.15) is 5.82 Å². The normalized spacial score (nSPS) is 14.6. The number of hydrogen-bond donors (Lipinski definition) is 2. The van der Waals surface area contributed by atoms with Crippen LogP contribution in [0.25, 0.3) is 10.9 Å². The highest BCUT2D eigenvalue weighted by atomic mass is 19.1. The van der Waals surface area contributed by atoms with Gasteiger partial charge in [0.15, 0.2) is 0 Å². The second kappa shape index (κ2) is 8.69. The summed E-state index contributed by atoms with van der Waals surface area (Å²) in [5, 5.41) is 3.80. The van der Waals surface area contributed by atoms with Crippen LogP contribution in [0.5, 0.6) is 0 Å². The molecule has 0 saturated heterocycles. The molecule has 2 amide bonds. The lowest BCUT2D eigenvalue weighted by atomic mass is 9.94. The molecule has 0 unspecified atom stereocenters. The van der Waals surface area contributed by atoms with Crippen LogP contribution < -0.4 is 10.9 Å². The summed E-state index contributed by atoms with van der Waals surface area (Å²) in [5.74, 6) is -0.352. The number of carbonyl (C=O) groups is 1. The van der Waals surface area contributed by atoms with E-state index in [1.807, 2.05) is 31.2 Å². The molecule has 156 valence electrons. The molecule has 0 spiro atoms. The second-order valence-electron chi connectivity index (χ2n) is 8.07. The number of halogens is 1. The molecule has 1 heterocycles. The number of benzene rings is 2. The molecular formula is C24H26FN3O2. The molecule has 0 bridgehead atoms. The maximum atomic E-state index is 13.2. The number of H-pyrrole nitrogens is 1. The van der Waals surface area contributed by atoms with Crippen molar-refractivity contribution < 1.29 is 9.18 Å². The SMILES string of the molecule is Cc1ccc2cc(CN(C(=O)Nc3ccc(F)cc3)C3CCCCC3)c(=O)[nH]c2c1. The molecule has 3 aromatic rings. The van der Waals surface area contributed by atoms with Crippen LogP contribution in [0, 0.1) is 12.7 Å². The molecule has 1 aliphatic carbocycles. The number of nitrogens with zero attached hydrogens (tertiary/aromatic N) is 1. The number of aromatic nitrogens is 1. The van der Waals surface area contributed by atoms with E-state index in [9.17, 15) is 14.0 Å². The fourth-order valence-corrected chi connectivity index (χ4v) is 4.15. The number of hydrogen-bond acceptors (Lipinski definition) is 2. The Morgan fingerprint density at radius 1 is 1.10 bits per heavy atom. The summed E-state index contributed by atoms with van der Waals surface area (Å²) in [6.45, 7) is 2.22. The van der Waals surface area contributed by atoms with Gasteiger partial charge >= 0.3 is 6.03 Å². The first-order valence-corrected chi connectivity index (χ1v) is 10.5. The van der Waals surface area contributed by atoms with Crippen LogP contribution in [0.3, 0.4) is 0 Å². The Labute approximate surface area is 174 Å². The number of nitrogens with one attached hydrogen (secondary N) is 2. The maximum Gasteiger partial charge on any atom is 0.322 e. The van der Waals surface area contributed by atoms with Gasteiger partial charge in [-0.1, -0.05) is 31.4 Å². The molecular weight excluding hydrogens is 381 g/mol. The minimum atomic E-state index is -0.352. The smallest absolute Gasteiger partial charge is 0.322 e. The molecule has 4 rings (SSSR count). The molecule has 6 heteroatoms. The van der Waals surface area contributed by atoms with E-state index < -0.39 is 0 Å². The van der Waals surface area contributed by atoms with Gasteiger partial charge in [-0.3, -0.25) is 4.79 Å². The fourth-order valence-electron chi connectivity index (χ4n) is 4.15. The van der Waals surface area contributed by atoms with Gasteiger partial charge in [0, 0.05) is 22.8 Å². The Morgan fingerprint density at radius 3 is 2.57 bits per heavy atom. The van der Waals surface area contributed by atoms with Gasteiger partial charge in [0.05, 0.1) is 6.54 Å². The van der Waals surface area contributed by atoms with Crippen molar-refractivity contribution in [3.63, 3.8) is 0 Å². The van der Waals surface area contributed by atoms with E-state index in [4.69, 9.17) is 0 Å². The number of rotatable bonds is 4. The summed E-state index contributed by atoms with van der Waals surface area (Å²) in [6.07, 6.45) is 5.14. The highest BCUT2D eigenvalue weighted by Gasteiger charge is 2.26. The minimum Gasteiger partial charge on any atom is -0.322 e. The van der Waals surface area contributed by atoms with Crippen LogP contribution >= 0.6 is 0 Å². The Kier molecular flexibility index (Phi) is 5.84. The van der Waals surface area contributed by atoms with Crippen LogP contribution in [0.2, 0.25) is 0 Å². The first-order valence-electron chi connectivity index (χ1n) is 10.5. The maximum absolute atomic E-state index is 13.2. The Balaban J connectivity index is 1.62. The third-order valence-corrected chi connectivity index (χ3v) is 5.79. The van der Waals surface area contributed by atoms with Gasteiger partial charge in [-0.2, -0.15) is 0 Å². The predicted molar refractivity (Wildman–Crippen MR) is 117 cm³/mol. The molecule has 0 aliphatic heterocycles. The lowest BCUT2D eigenvalue weighted by Crippen LogP contribution is -2.44. The summed E-state index contributed by atoms with van der Waals surface area (Å²) in [5.41, 5.74) is 2.79. The summed E-state index contributed by atoms with van der Waals surface area (Å²) in [6, 6.07) is 13.3. The van der Waals surface area contributed by atoms with E-state index in [-0.39, 0.29) is 30.0 Å². The number of aryl methyl sites for hydroxylation is 1. The van der Waals surface area contributed by atoms with E-state index in [0.717, 1.165) is 42.1 Å². The molecule has 30 heavy (non-hydrogen) atoms. The van der Waals surface area contributed by atoms with Crippen molar-refractivity contribution >= 4 is 22.6 Å².